The smallest absolute Gasteiger partial charge is 0.195 e. The van der Waals surface area contributed by atoms with Gasteiger partial charge in [-0.1, -0.05) is 42.5 Å². The monoisotopic (exact) mass is 239 g/mol. The van der Waals surface area contributed by atoms with E-state index in [1.165, 1.54) is 10.3 Å². The summed E-state index contributed by atoms with van der Waals surface area (Å²) in [6, 6.07) is 18.3. The summed E-state index contributed by atoms with van der Waals surface area (Å²) in [5, 5.41) is 0.926. The molecule has 0 radical (unpaired) electrons. The Morgan fingerprint density at radius 1 is 0.824 bits per heavy atom. The van der Waals surface area contributed by atoms with Crippen LogP contribution in [0.15, 0.2) is 59.0 Å². The average molecular weight is 239 g/mol. The van der Waals surface area contributed by atoms with Crippen molar-refractivity contribution in [3.05, 3.63) is 65.2 Å². The number of hydrogen-bond donors (Lipinski definition) is 0. The van der Waals surface area contributed by atoms with Gasteiger partial charge in [0.2, 0.25) is 0 Å². The van der Waals surface area contributed by atoms with E-state index < -0.39 is 0 Å². The minimum Gasteiger partial charge on any atom is -0.195 e. The largest absolute Gasteiger partial charge is 0.411 e. The van der Waals surface area contributed by atoms with Gasteiger partial charge in [-0.3, -0.25) is 0 Å². The molecule has 0 aliphatic carbocycles. The lowest BCUT2D eigenvalue weighted by atomic mass is 10.2. The predicted octanol–water partition coefficient (Wildman–Crippen LogP) is 4.95. The van der Waals surface area contributed by atoms with Crippen molar-refractivity contribution >= 4 is 33.8 Å². The Kier molecular flexibility index (Phi) is 2.72. The molecular formula is C15H11OS+. The number of rotatable bonds is 2. The lowest BCUT2D eigenvalue weighted by molar-refractivity contribution is 0.614. The van der Waals surface area contributed by atoms with Crippen LogP contribution in [0, 0.1) is 0 Å². The van der Waals surface area contributed by atoms with Gasteiger partial charge in [0.25, 0.3) is 0 Å². The second kappa shape index (κ2) is 4.52. The third-order valence-electron chi connectivity index (χ3n) is 2.48. The van der Waals surface area contributed by atoms with Gasteiger partial charge in [0.05, 0.1) is 6.08 Å². The molecule has 3 rings (SSSR count). The van der Waals surface area contributed by atoms with E-state index in [0.717, 1.165) is 10.7 Å². The van der Waals surface area contributed by atoms with Crippen molar-refractivity contribution in [1.82, 2.24) is 0 Å². The van der Waals surface area contributed by atoms with Crippen LogP contribution < -0.4 is 0 Å². The number of para-hydroxylation sites is 1. The topological polar surface area (TPSA) is 11.3 Å². The van der Waals surface area contributed by atoms with Crippen LogP contribution in [0.4, 0.5) is 0 Å². The van der Waals surface area contributed by atoms with E-state index in [4.69, 9.17) is 4.42 Å². The van der Waals surface area contributed by atoms with Gasteiger partial charge in [-0.15, -0.1) is 0 Å². The highest BCUT2D eigenvalue weighted by atomic mass is 32.1. The average Bonchev–Trinajstić information content (AvgIpc) is 2.80. The maximum absolute atomic E-state index is 5.72. The van der Waals surface area contributed by atoms with Crippen molar-refractivity contribution < 1.29 is 4.42 Å². The molecule has 0 aliphatic heterocycles. The summed E-state index contributed by atoms with van der Waals surface area (Å²) >= 11 is 1.66. The SMILES string of the molecule is C(=C\c1[o+]c2ccccc2s1)/c1ccccc1. The predicted molar refractivity (Wildman–Crippen MR) is 73.9 cm³/mol. The van der Waals surface area contributed by atoms with Crippen molar-refractivity contribution in [3.63, 3.8) is 0 Å². The summed E-state index contributed by atoms with van der Waals surface area (Å²) in [6.45, 7) is 0. The Labute approximate surface area is 104 Å². The second-order valence-corrected chi connectivity index (χ2v) is 4.76. The van der Waals surface area contributed by atoms with Crippen LogP contribution >= 0.6 is 11.3 Å². The first-order chi connectivity index (χ1) is 8.42. The zero-order valence-corrected chi connectivity index (χ0v) is 9.98. The maximum atomic E-state index is 5.72. The molecule has 1 heterocycles. The number of fused-ring (bicyclic) bond motifs is 1. The lowest BCUT2D eigenvalue weighted by Crippen LogP contribution is -1.67. The van der Waals surface area contributed by atoms with Crippen LogP contribution in [-0.2, 0) is 0 Å². The van der Waals surface area contributed by atoms with Gasteiger partial charge < -0.3 is 0 Å². The fraction of sp³-hybridized carbons (Fsp3) is 0. The lowest BCUT2D eigenvalue weighted by Gasteiger charge is -1.86. The molecule has 0 fully saturated rings. The molecule has 2 heteroatoms. The van der Waals surface area contributed by atoms with E-state index in [-0.39, 0.29) is 0 Å². The fourth-order valence-electron chi connectivity index (χ4n) is 1.65. The van der Waals surface area contributed by atoms with Crippen molar-refractivity contribution in [2.45, 2.75) is 0 Å². The van der Waals surface area contributed by atoms with Crippen LogP contribution in [0.2, 0.25) is 0 Å². The molecule has 0 aliphatic rings. The van der Waals surface area contributed by atoms with E-state index in [0.29, 0.717) is 0 Å². The van der Waals surface area contributed by atoms with Gasteiger partial charge in [-0.2, -0.15) is 4.42 Å². The summed E-state index contributed by atoms with van der Waals surface area (Å²) in [6.07, 6.45) is 4.08. The van der Waals surface area contributed by atoms with Crippen LogP contribution in [0.1, 0.15) is 10.6 Å². The number of benzene rings is 2. The number of hydrogen-bond acceptors (Lipinski definition) is 1. The molecule has 17 heavy (non-hydrogen) atoms. The third kappa shape index (κ3) is 2.27. The van der Waals surface area contributed by atoms with Crippen molar-refractivity contribution in [2.24, 2.45) is 0 Å². The van der Waals surface area contributed by atoms with Gasteiger partial charge in [0.15, 0.2) is 0 Å². The fourth-order valence-corrected chi connectivity index (χ4v) is 2.49. The molecule has 0 bridgehead atoms. The minimum absolute atomic E-state index is 0.926. The highest BCUT2D eigenvalue weighted by molar-refractivity contribution is 7.19. The first-order valence-electron chi connectivity index (χ1n) is 5.47. The third-order valence-corrected chi connectivity index (χ3v) is 3.46. The molecule has 82 valence electrons. The van der Waals surface area contributed by atoms with Crippen LogP contribution in [-0.4, -0.2) is 0 Å². The van der Waals surface area contributed by atoms with Gasteiger partial charge >= 0.3 is 10.7 Å². The Bertz CT molecular complexity index is 620. The Balaban J connectivity index is 1.92. The summed E-state index contributed by atoms with van der Waals surface area (Å²) in [7, 11) is 0. The summed E-state index contributed by atoms with van der Waals surface area (Å²) in [4.78, 5) is 0. The summed E-state index contributed by atoms with van der Waals surface area (Å²) in [5.41, 5.74) is 2.13. The Morgan fingerprint density at radius 3 is 2.41 bits per heavy atom. The molecule has 0 N–H and O–H groups in total. The molecular weight excluding hydrogens is 228 g/mol. The Hall–Kier alpha value is -1.93. The van der Waals surface area contributed by atoms with Gasteiger partial charge in [0, 0.05) is 6.07 Å². The molecule has 0 atom stereocenters. The maximum Gasteiger partial charge on any atom is 0.411 e. The van der Waals surface area contributed by atoms with Gasteiger partial charge in [-0.05, 0) is 29.0 Å². The van der Waals surface area contributed by atoms with Crippen LogP contribution in [0.5, 0.6) is 0 Å². The highest BCUT2D eigenvalue weighted by Gasteiger charge is 2.13. The Morgan fingerprint density at radius 2 is 1.59 bits per heavy atom. The molecule has 0 unspecified atom stereocenters. The van der Waals surface area contributed by atoms with Gasteiger partial charge in [0.1, 0.15) is 4.70 Å². The van der Waals surface area contributed by atoms with E-state index in [9.17, 15) is 0 Å². The standard InChI is InChI=1S/C15H11OS/c1-2-6-12(7-3-1)10-11-15-16-13-8-4-5-9-14(13)17-15/h1-11H/q+1/b11-10+. The first-order valence-corrected chi connectivity index (χ1v) is 6.28. The molecule has 1 aromatic heterocycles. The molecule has 3 aromatic rings. The molecule has 0 amide bonds. The summed E-state index contributed by atoms with van der Waals surface area (Å²) in [5.74, 6) is 0. The zero-order valence-electron chi connectivity index (χ0n) is 9.17. The molecule has 2 aromatic carbocycles. The molecule has 0 spiro atoms. The normalized spacial score (nSPS) is 11.3. The zero-order chi connectivity index (χ0) is 11.5. The van der Waals surface area contributed by atoms with Gasteiger partial charge in [-0.25, -0.2) is 0 Å². The van der Waals surface area contributed by atoms with E-state index >= 15 is 0 Å². The summed E-state index contributed by atoms with van der Waals surface area (Å²) < 4.78 is 6.90. The van der Waals surface area contributed by atoms with Crippen LogP contribution in [0.25, 0.3) is 22.4 Å². The van der Waals surface area contributed by atoms with E-state index in [1.54, 1.807) is 11.3 Å². The van der Waals surface area contributed by atoms with E-state index in [2.05, 4.69) is 24.3 Å². The minimum atomic E-state index is 0.926. The molecule has 0 saturated carbocycles. The molecule has 0 saturated heterocycles. The van der Waals surface area contributed by atoms with E-state index in [1.807, 2.05) is 42.5 Å². The van der Waals surface area contributed by atoms with Crippen molar-refractivity contribution in [1.29, 1.82) is 0 Å². The molecule has 1 nitrogen and oxygen atoms in total. The van der Waals surface area contributed by atoms with Crippen LogP contribution in [0.3, 0.4) is 0 Å². The van der Waals surface area contributed by atoms with Crippen molar-refractivity contribution in [2.75, 3.05) is 0 Å². The quantitative estimate of drug-likeness (QED) is 0.576. The highest BCUT2D eigenvalue weighted by Crippen LogP contribution is 2.26. The second-order valence-electron chi connectivity index (χ2n) is 3.71. The van der Waals surface area contributed by atoms with Crippen molar-refractivity contribution in [3.8, 4) is 0 Å². The first kappa shape index (κ1) is 10.2.